The van der Waals surface area contributed by atoms with E-state index in [-0.39, 0.29) is 0 Å². The number of fused-ring (bicyclic) bond motifs is 1. The zero-order chi connectivity index (χ0) is 17.0. The zero-order valence-electron chi connectivity index (χ0n) is 13.8. The predicted molar refractivity (Wildman–Crippen MR) is 88.4 cm³/mol. The molecule has 0 bridgehead atoms. The van der Waals surface area contributed by atoms with Gasteiger partial charge in [-0.1, -0.05) is 36.4 Å². The van der Waals surface area contributed by atoms with Crippen LogP contribution in [0.5, 0.6) is 5.75 Å². The number of alkyl carbamates (subject to hydrolysis) is 1. The van der Waals surface area contributed by atoms with Gasteiger partial charge in [0.2, 0.25) is 0 Å². The lowest BCUT2D eigenvalue weighted by Crippen LogP contribution is -2.43. The number of esters is 1. The van der Waals surface area contributed by atoms with E-state index in [1.54, 1.807) is 33.8 Å². The first-order chi connectivity index (χ1) is 10.8. The highest BCUT2D eigenvalue weighted by Crippen LogP contribution is 2.25. The molecule has 1 amide bonds. The minimum absolute atomic E-state index is 0.464. The van der Waals surface area contributed by atoms with Crippen LogP contribution in [0.25, 0.3) is 10.8 Å². The maximum absolute atomic E-state index is 12.2. The van der Waals surface area contributed by atoms with E-state index in [0.717, 1.165) is 10.8 Å². The molecule has 0 aliphatic rings. The minimum Gasteiger partial charge on any atom is -0.444 e. The van der Waals surface area contributed by atoms with Crippen LogP contribution >= 0.6 is 0 Å². The third kappa shape index (κ3) is 4.71. The first-order valence-electron chi connectivity index (χ1n) is 7.45. The van der Waals surface area contributed by atoms with Gasteiger partial charge in [-0.15, -0.1) is 0 Å². The summed E-state index contributed by atoms with van der Waals surface area (Å²) >= 11 is 0. The van der Waals surface area contributed by atoms with Gasteiger partial charge < -0.3 is 14.8 Å². The number of amides is 1. The molecule has 0 aromatic heterocycles. The molecule has 1 atom stereocenters. The van der Waals surface area contributed by atoms with E-state index >= 15 is 0 Å². The second-order valence-electron chi connectivity index (χ2n) is 6.27. The van der Waals surface area contributed by atoms with Crippen LogP contribution in [-0.2, 0) is 9.53 Å². The first kappa shape index (κ1) is 16.8. The van der Waals surface area contributed by atoms with Gasteiger partial charge in [0.05, 0.1) is 0 Å². The third-order valence-corrected chi connectivity index (χ3v) is 3.05. The van der Waals surface area contributed by atoms with Crippen LogP contribution in [0.1, 0.15) is 27.7 Å². The Morgan fingerprint density at radius 2 is 1.70 bits per heavy atom. The normalized spacial score (nSPS) is 12.5. The maximum atomic E-state index is 12.2. The van der Waals surface area contributed by atoms with Crippen LogP contribution in [0.2, 0.25) is 0 Å². The highest BCUT2D eigenvalue weighted by Gasteiger charge is 2.22. The third-order valence-electron chi connectivity index (χ3n) is 3.05. The average molecular weight is 315 g/mol. The Morgan fingerprint density at radius 3 is 2.39 bits per heavy atom. The smallest absolute Gasteiger partial charge is 0.408 e. The molecule has 1 N–H and O–H groups in total. The van der Waals surface area contributed by atoms with E-state index in [9.17, 15) is 9.59 Å². The summed E-state index contributed by atoms with van der Waals surface area (Å²) in [4.78, 5) is 23.9. The number of benzene rings is 2. The monoisotopic (exact) mass is 315 g/mol. The second-order valence-corrected chi connectivity index (χ2v) is 6.27. The van der Waals surface area contributed by atoms with Crippen LogP contribution in [-0.4, -0.2) is 23.7 Å². The molecule has 0 saturated heterocycles. The summed E-state index contributed by atoms with van der Waals surface area (Å²) in [5, 5.41) is 4.29. The van der Waals surface area contributed by atoms with Crippen molar-refractivity contribution in [2.45, 2.75) is 39.3 Å². The van der Waals surface area contributed by atoms with Crippen LogP contribution in [0.4, 0.5) is 4.79 Å². The van der Waals surface area contributed by atoms with Crippen molar-refractivity contribution in [1.82, 2.24) is 5.32 Å². The van der Waals surface area contributed by atoms with Crippen molar-refractivity contribution < 1.29 is 19.1 Å². The van der Waals surface area contributed by atoms with Crippen molar-refractivity contribution in [2.75, 3.05) is 0 Å². The van der Waals surface area contributed by atoms with Crippen LogP contribution < -0.4 is 10.1 Å². The Morgan fingerprint density at radius 1 is 1.04 bits per heavy atom. The molecule has 2 aromatic rings. The Bertz CT molecular complexity index is 713. The second kappa shape index (κ2) is 6.69. The molecule has 0 fully saturated rings. The van der Waals surface area contributed by atoms with Gasteiger partial charge >= 0.3 is 12.1 Å². The van der Waals surface area contributed by atoms with E-state index in [1.807, 2.05) is 36.4 Å². The summed E-state index contributed by atoms with van der Waals surface area (Å²) in [5.41, 5.74) is -0.622. The molecule has 5 nitrogen and oxygen atoms in total. The molecule has 2 aromatic carbocycles. The molecular formula is C18H21NO4. The molecule has 122 valence electrons. The molecule has 0 saturated carbocycles. The van der Waals surface area contributed by atoms with Gasteiger partial charge in [-0.25, -0.2) is 9.59 Å². The van der Waals surface area contributed by atoms with Crippen LogP contribution in [0, 0.1) is 0 Å². The number of carbonyl (C=O) groups is 2. The lowest BCUT2D eigenvalue weighted by atomic mass is 10.1. The Labute approximate surface area is 135 Å². The number of carbonyl (C=O) groups excluding carboxylic acids is 2. The Kier molecular flexibility index (Phi) is 4.89. The van der Waals surface area contributed by atoms with Crippen LogP contribution in [0.3, 0.4) is 0 Å². The molecule has 23 heavy (non-hydrogen) atoms. The lowest BCUT2D eigenvalue weighted by molar-refractivity contribution is -0.136. The highest BCUT2D eigenvalue weighted by molar-refractivity contribution is 5.91. The van der Waals surface area contributed by atoms with Crippen molar-refractivity contribution in [2.24, 2.45) is 0 Å². The molecule has 5 heteroatoms. The summed E-state index contributed by atoms with van der Waals surface area (Å²) in [7, 11) is 0. The molecule has 0 unspecified atom stereocenters. The summed E-state index contributed by atoms with van der Waals surface area (Å²) in [6.07, 6.45) is -0.653. The van der Waals surface area contributed by atoms with Gasteiger partial charge in [0.1, 0.15) is 17.4 Å². The quantitative estimate of drug-likeness (QED) is 0.693. The number of hydrogen-bond donors (Lipinski definition) is 1. The van der Waals surface area contributed by atoms with Crippen molar-refractivity contribution >= 4 is 22.8 Å². The largest absolute Gasteiger partial charge is 0.444 e. The van der Waals surface area contributed by atoms with E-state index in [4.69, 9.17) is 9.47 Å². The van der Waals surface area contributed by atoms with E-state index in [0.29, 0.717) is 5.75 Å². The summed E-state index contributed by atoms with van der Waals surface area (Å²) in [6.45, 7) is 6.82. The van der Waals surface area contributed by atoms with Gasteiger partial charge in [0.25, 0.3) is 0 Å². The molecule has 0 aliphatic carbocycles. The SMILES string of the molecule is C[C@H](NC(=O)OC(C)(C)C)C(=O)Oc1cccc2ccccc12. The lowest BCUT2D eigenvalue weighted by Gasteiger charge is -2.21. The van der Waals surface area contributed by atoms with Gasteiger partial charge in [-0.05, 0) is 39.1 Å². The Balaban J connectivity index is 2.04. The maximum Gasteiger partial charge on any atom is 0.408 e. The van der Waals surface area contributed by atoms with Gasteiger partial charge in [0, 0.05) is 5.39 Å². The van der Waals surface area contributed by atoms with Gasteiger partial charge in [-0.3, -0.25) is 0 Å². The van der Waals surface area contributed by atoms with Crippen LogP contribution in [0.15, 0.2) is 42.5 Å². The summed E-state index contributed by atoms with van der Waals surface area (Å²) < 4.78 is 10.5. The molecule has 0 aliphatic heterocycles. The van der Waals surface area contributed by atoms with Crippen molar-refractivity contribution in [1.29, 1.82) is 0 Å². The number of hydrogen-bond acceptors (Lipinski definition) is 4. The number of rotatable bonds is 3. The number of nitrogens with one attached hydrogen (secondary N) is 1. The standard InChI is InChI=1S/C18H21NO4/c1-12(19-17(21)23-18(2,3)4)16(20)22-15-11-7-9-13-8-5-6-10-14(13)15/h5-12H,1-4H3,(H,19,21)/t12-/m0/s1. The minimum atomic E-state index is -0.816. The summed E-state index contributed by atoms with van der Waals surface area (Å²) in [6, 6.07) is 12.3. The van der Waals surface area contributed by atoms with Crippen molar-refractivity contribution in [3.8, 4) is 5.75 Å². The van der Waals surface area contributed by atoms with Gasteiger partial charge in [-0.2, -0.15) is 0 Å². The molecular weight excluding hydrogens is 294 g/mol. The topological polar surface area (TPSA) is 64.6 Å². The molecule has 0 radical (unpaired) electrons. The Hall–Kier alpha value is -2.56. The predicted octanol–water partition coefficient (Wildman–Crippen LogP) is 3.66. The fourth-order valence-corrected chi connectivity index (χ4v) is 2.02. The first-order valence-corrected chi connectivity index (χ1v) is 7.45. The fraction of sp³-hybridized carbons (Fsp3) is 0.333. The average Bonchev–Trinajstić information content (AvgIpc) is 2.45. The fourth-order valence-electron chi connectivity index (χ4n) is 2.02. The van der Waals surface area contributed by atoms with E-state index < -0.39 is 23.7 Å². The zero-order valence-corrected chi connectivity index (χ0v) is 13.8. The molecule has 2 rings (SSSR count). The van der Waals surface area contributed by atoms with E-state index in [2.05, 4.69) is 5.32 Å². The highest BCUT2D eigenvalue weighted by atomic mass is 16.6. The summed E-state index contributed by atoms with van der Waals surface area (Å²) in [5.74, 6) is -0.0850. The molecule has 0 heterocycles. The number of ether oxygens (including phenoxy) is 2. The van der Waals surface area contributed by atoms with Gasteiger partial charge in [0.15, 0.2) is 0 Å². The molecule has 0 spiro atoms. The van der Waals surface area contributed by atoms with E-state index in [1.165, 1.54) is 0 Å². The van der Waals surface area contributed by atoms with Crippen molar-refractivity contribution in [3.05, 3.63) is 42.5 Å². The van der Waals surface area contributed by atoms with Crippen molar-refractivity contribution in [3.63, 3.8) is 0 Å².